The van der Waals surface area contributed by atoms with Crippen molar-refractivity contribution < 1.29 is 9.47 Å². The van der Waals surface area contributed by atoms with Crippen LogP contribution in [0.5, 0.6) is 0 Å². The first-order chi connectivity index (χ1) is 9.25. The molecule has 0 bridgehead atoms. The number of ether oxygens (including phenoxy) is 2. The maximum Gasteiger partial charge on any atom is 0.163 e. The molecular formula is C17H29NO2. The molecule has 1 rings (SSSR count). The van der Waals surface area contributed by atoms with Gasteiger partial charge in [-0.05, 0) is 47.5 Å². The van der Waals surface area contributed by atoms with E-state index in [1.165, 1.54) is 0 Å². The highest BCUT2D eigenvalue weighted by Gasteiger charge is 2.22. The Hall–Kier alpha value is -1.25. The second kappa shape index (κ2) is 6.96. The molecule has 2 atom stereocenters. The van der Waals surface area contributed by atoms with Crippen molar-refractivity contribution >= 4 is 5.71 Å². The van der Waals surface area contributed by atoms with Gasteiger partial charge in [0.15, 0.2) is 11.5 Å². The second-order valence-corrected chi connectivity index (χ2v) is 6.40. The van der Waals surface area contributed by atoms with Gasteiger partial charge in [0.1, 0.15) is 0 Å². The average Bonchev–Trinajstić information content (AvgIpc) is 2.68. The van der Waals surface area contributed by atoms with Gasteiger partial charge < -0.3 is 9.47 Å². The SMILES string of the molecule is CCC(C)OC1=CC(=NC(C)(C)C)C=C1OC(C)CC. The molecule has 0 aromatic rings. The highest BCUT2D eigenvalue weighted by atomic mass is 16.5. The van der Waals surface area contributed by atoms with Crippen LogP contribution in [0.25, 0.3) is 0 Å². The van der Waals surface area contributed by atoms with Gasteiger partial charge in [-0.3, -0.25) is 4.99 Å². The summed E-state index contributed by atoms with van der Waals surface area (Å²) in [5, 5.41) is 0. The summed E-state index contributed by atoms with van der Waals surface area (Å²) in [6, 6.07) is 0. The van der Waals surface area contributed by atoms with Gasteiger partial charge in [-0.2, -0.15) is 0 Å². The molecule has 2 unspecified atom stereocenters. The van der Waals surface area contributed by atoms with Crippen molar-refractivity contribution in [2.45, 2.75) is 79.1 Å². The zero-order valence-electron chi connectivity index (χ0n) is 14.0. The molecule has 3 nitrogen and oxygen atoms in total. The summed E-state index contributed by atoms with van der Waals surface area (Å²) < 4.78 is 11.9. The van der Waals surface area contributed by atoms with Gasteiger partial charge >= 0.3 is 0 Å². The van der Waals surface area contributed by atoms with Crippen LogP contribution >= 0.6 is 0 Å². The Morgan fingerprint density at radius 2 is 1.35 bits per heavy atom. The lowest BCUT2D eigenvalue weighted by molar-refractivity contribution is 0.0768. The fourth-order valence-electron chi connectivity index (χ4n) is 1.69. The summed E-state index contributed by atoms with van der Waals surface area (Å²) in [4.78, 5) is 4.68. The largest absolute Gasteiger partial charge is 0.487 e. The highest BCUT2D eigenvalue weighted by molar-refractivity contribution is 6.08. The van der Waals surface area contributed by atoms with Crippen LogP contribution in [0.4, 0.5) is 0 Å². The van der Waals surface area contributed by atoms with Crippen molar-refractivity contribution in [3.05, 3.63) is 23.7 Å². The second-order valence-electron chi connectivity index (χ2n) is 6.40. The third-order valence-electron chi connectivity index (χ3n) is 3.07. The van der Waals surface area contributed by atoms with Gasteiger partial charge in [0.2, 0.25) is 0 Å². The Morgan fingerprint density at radius 1 is 0.950 bits per heavy atom. The highest BCUT2D eigenvalue weighted by Crippen LogP contribution is 2.25. The van der Waals surface area contributed by atoms with Crippen molar-refractivity contribution in [3.63, 3.8) is 0 Å². The van der Waals surface area contributed by atoms with Crippen molar-refractivity contribution in [2.24, 2.45) is 4.99 Å². The number of allylic oxidation sites excluding steroid dienone is 2. The smallest absolute Gasteiger partial charge is 0.163 e. The summed E-state index contributed by atoms with van der Waals surface area (Å²) >= 11 is 0. The zero-order chi connectivity index (χ0) is 15.3. The molecule has 0 amide bonds. The van der Waals surface area contributed by atoms with Crippen LogP contribution in [0.3, 0.4) is 0 Å². The third kappa shape index (κ3) is 5.40. The van der Waals surface area contributed by atoms with Crippen LogP contribution in [0, 0.1) is 0 Å². The monoisotopic (exact) mass is 279 g/mol. The molecule has 0 fully saturated rings. The Kier molecular flexibility index (Phi) is 5.85. The summed E-state index contributed by atoms with van der Waals surface area (Å²) in [5.74, 6) is 1.62. The Morgan fingerprint density at radius 3 is 1.65 bits per heavy atom. The lowest BCUT2D eigenvalue weighted by Gasteiger charge is -2.19. The maximum atomic E-state index is 5.95. The fraction of sp³-hybridized carbons (Fsp3) is 0.706. The van der Waals surface area contributed by atoms with Crippen LogP contribution in [-0.4, -0.2) is 23.5 Å². The van der Waals surface area contributed by atoms with Crippen molar-refractivity contribution in [3.8, 4) is 0 Å². The van der Waals surface area contributed by atoms with Crippen LogP contribution in [-0.2, 0) is 9.47 Å². The fourth-order valence-corrected chi connectivity index (χ4v) is 1.69. The molecular weight excluding hydrogens is 250 g/mol. The molecule has 1 aliphatic rings. The predicted molar refractivity (Wildman–Crippen MR) is 85.0 cm³/mol. The molecule has 0 aromatic carbocycles. The first-order valence-corrected chi connectivity index (χ1v) is 7.62. The lowest BCUT2D eigenvalue weighted by Crippen LogP contribution is -2.11. The topological polar surface area (TPSA) is 30.8 Å². The van der Waals surface area contributed by atoms with Gasteiger partial charge in [0.05, 0.1) is 23.5 Å². The van der Waals surface area contributed by atoms with Crippen LogP contribution < -0.4 is 0 Å². The summed E-state index contributed by atoms with van der Waals surface area (Å²) in [6.07, 6.45) is 6.27. The Balaban J connectivity index is 2.94. The third-order valence-corrected chi connectivity index (χ3v) is 3.07. The van der Waals surface area contributed by atoms with Crippen molar-refractivity contribution in [1.29, 1.82) is 0 Å². The summed E-state index contributed by atoms with van der Waals surface area (Å²) in [6.45, 7) is 14.6. The van der Waals surface area contributed by atoms with E-state index < -0.39 is 0 Å². The predicted octanol–water partition coefficient (Wildman–Crippen LogP) is 4.64. The van der Waals surface area contributed by atoms with E-state index in [1.54, 1.807) is 0 Å². The number of rotatable bonds is 6. The minimum Gasteiger partial charge on any atom is -0.487 e. The van der Waals surface area contributed by atoms with E-state index in [4.69, 9.17) is 9.47 Å². The molecule has 3 heteroatoms. The van der Waals surface area contributed by atoms with E-state index in [-0.39, 0.29) is 17.7 Å². The van der Waals surface area contributed by atoms with E-state index in [1.807, 2.05) is 12.2 Å². The molecule has 0 saturated heterocycles. The lowest BCUT2D eigenvalue weighted by atomic mass is 10.1. The van der Waals surface area contributed by atoms with E-state index in [0.717, 1.165) is 30.1 Å². The van der Waals surface area contributed by atoms with Gasteiger partial charge in [0.25, 0.3) is 0 Å². The zero-order valence-corrected chi connectivity index (χ0v) is 14.0. The summed E-state index contributed by atoms with van der Waals surface area (Å²) in [7, 11) is 0. The van der Waals surface area contributed by atoms with Crippen molar-refractivity contribution in [2.75, 3.05) is 0 Å². The molecule has 0 spiro atoms. The quantitative estimate of drug-likeness (QED) is 0.709. The molecule has 1 aliphatic carbocycles. The molecule has 0 radical (unpaired) electrons. The molecule has 0 aliphatic heterocycles. The van der Waals surface area contributed by atoms with Gasteiger partial charge in [-0.15, -0.1) is 0 Å². The molecule has 114 valence electrons. The molecule has 0 heterocycles. The normalized spacial score (nSPS) is 18.2. The molecule has 0 aromatic heterocycles. The number of nitrogens with zero attached hydrogens (tertiary/aromatic N) is 1. The van der Waals surface area contributed by atoms with E-state index in [2.05, 4.69) is 53.5 Å². The van der Waals surface area contributed by atoms with Crippen LogP contribution in [0.2, 0.25) is 0 Å². The average molecular weight is 279 g/mol. The maximum absolute atomic E-state index is 5.95. The van der Waals surface area contributed by atoms with E-state index >= 15 is 0 Å². The van der Waals surface area contributed by atoms with Gasteiger partial charge in [-0.25, -0.2) is 0 Å². The van der Waals surface area contributed by atoms with E-state index in [9.17, 15) is 0 Å². The minimum absolute atomic E-state index is 0.102. The first kappa shape index (κ1) is 16.8. The van der Waals surface area contributed by atoms with Crippen LogP contribution in [0.15, 0.2) is 28.7 Å². The Labute approximate surface area is 123 Å². The summed E-state index contributed by atoms with van der Waals surface area (Å²) in [5.41, 5.74) is 0.824. The minimum atomic E-state index is -0.102. The van der Waals surface area contributed by atoms with E-state index in [0.29, 0.717) is 0 Å². The molecule has 0 N–H and O–H groups in total. The standard InChI is InChI=1S/C17H29NO2/c1-8-12(3)19-15-10-14(18-17(5,6)7)11-16(15)20-13(4)9-2/h10-13H,8-9H2,1-7H3. The van der Waals surface area contributed by atoms with Crippen molar-refractivity contribution in [1.82, 2.24) is 0 Å². The molecule has 0 saturated carbocycles. The Bertz CT molecular complexity index is 383. The number of hydrogen-bond acceptors (Lipinski definition) is 3. The van der Waals surface area contributed by atoms with Gasteiger partial charge in [0, 0.05) is 12.2 Å². The molecule has 20 heavy (non-hydrogen) atoms. The number of aliphatic imine (C=N–C) groups is 1. The van der Waals surface area contributed by atoms with Crippen LogP contribution in [0.1, 0.15) is 61.3 Å². The first-order valence-electron chi connectivity index (χ1n) is 7.62. The van der Waals surface area contributed by atoms with Gasteiger partial charge in [-0.1, -0.05) is 13.8 Å². The number of hydrogen-bond donors (Lipinski definition) is 0.